The average Bonchev–Trinajstić information content (AvgIpc) is 3.11. The van der Waals surface area contributed by atoms with Crippen LogP contribution in [0.15, 0.2) is 18.2 Å². The third kappa shape index (κ3) is 2.72. The van der Waals surface area contributed by atoms with Gasteiger partial charge in [-0.05, 0) is 50.4 Å². The van der Waals surface area contributed by atoms with Crippen LogP contribution in [0.3, 0.4) is 0 Å². The molecule has 0 spiro atoms. The maximum absolute atomic E-state index is 6.41. The molecule has 126 valence electrons. The Kier molecular flexibility index (Phi) is 4.06. The maximum Gasteiger partial charge on any atom is 0.0858 e. The first-order chi connectivity index (χ1) is 11.6. The summed E-state index contributed by atoms with van der Waals surface area (Å²) in [5.41, 5.74) is 6.03. The Hall–Kier alpha value is -1.85. The molecule has 0 fully saturated rings. The second-order valence-electron chi connectivity index (χ2n) is 6.71. The summed E-state index contributed by atoms with van der Waals surface area (Å²) in [4.78, 5) is 2.26. The lowest BCUT2D eigenvalue weighted by atomic mass is 9.96. The first kappa shape index (κ1) is 15.7. The van der Waals surface area contributed by atoms with Crippen molar-refractivity contribution in [2.75, 3.05) is 7.05 Å². The molecule has 0 saturated heterocycles. The van der Waals surface area contributed by atoms with E-state index >= 15 is 0 Å². The zero-order chi connectivity index (χ0) is 16.7. The standard InChI is InChI=1S/C18H22ClN5/c1-23(10-15-12-6-3-4-8-14(12)20-21-15)11-16-18-13(19)7-5-9-17(18)24(2)22-16/h5,7,9H,3-4,6,8,10-11H2,1-2H3,(H,20,21). The van der Waals surface area contributed by atoms with E-state index in [9.17, 15) is 0 Å². The number of aromatic amines is 1. The minimum Gasteiger partial charge on any atom is -0.295 e. The summed E-state index contributed by atoms with van der Waals surface area (Å²) < 4.78 is 1.90. The Morgan fingerprint density at radius 2 is 2.00 bits per heavy atom. The van der Waals surface area contributed by atoms with Gasteiger partial charge in [0.2, 0.25) is 0 Å². The van der Waals surface area contributed by atoms with Crippen molar-refractivity contribution >= 4 is 22.5 Å². The molecule has 0 amide bonds. The van der Waals surface area contributed by atoms with Crippen LogP contribution < -0.4 is 0 Å². The molecule has 0 aliphatic heterocycles. The van der Waals surface area contributed by atoms with E-state index in [1.807, 2.05) is 23.9 Å². The Morgan fingerprint density at radius 1 is 1.21 bits per heavy atom. The highest BCUT2D eigenvalue weighted by molar-refractivity contribution is 6.35. The molecule has 0 radical (unpaired) electrons. The quantitative estimate of drug-likeness (QED) is 0.789. The second kappa shape index (κ2) is 6.22. The Bertz CT molecular complexity index is 879. The van der Waals surface area contributed by atoms with E-state index in [1.54, 1.807) is 0 Å². The van der Waals surface area contributed by atoms with E-state index < -0.39 is 0 Å². The molecule has 0 atom stereocenters. The smallest absolute Gasteiger partial charge is 0.0858 e. The highest BCUT2D eigenvalue weighted by Gasteiger charge is 2.19. The molecular formula is C18H22ClN5. The SMILES string of the molecule is CN(Cc1n[nH]c2c1CCCC2)Cc1nn(C)c2cccc(Cl)c12. The normalized spacial score (nSPS) is 14.5. The summed E-state index contributed by atoms with van der Waals surface area (Å²) in [5, 5.41) is 14.3. The number of aromatic nitrogens is 4. The summed E-state index contributed by atoms with van der Waals surface area (Å²) >= 11 is 6.41. The van der Waals surface area contributed by atoms with E-state index in [-0.39, 0.29) is 0 Å². The van der Waals surface area contributed by atoms with E-state index in [4.69, 9.17) is 11.6 Å². The molecular weight excluding hydrogens is 322 g/mol. The number of rotatable bonds is 4. The lowest BCUT2D eigenvalue weighted by molar-refractivity contribution is 0.310. The zero-order valence-corrected chi connectivity index (χ0v) is 14.9. The molecule has 5 nitrogen and oxygen atoms in total. The van der Waals surface area contributed by atoms with Gasteiger partial charge in [-0.1, -0.05) is 17.7 Å². The summed E-state index contributed by atoms with van der Waals surface area (Å²) in [6.45, 7) is 1.58. The van der Waals surface area contributed by atoms with Gasteiger partial charge in [0, 0.05) is 31.2 Å². The first-order valence-electron chi connectivity index (χ1n) is 8.47. The minimum absolute atomic E-state index is 0.753. The van der Waals surface area contributed by atoms with Crippen LogP contribution >= 0.6 is 11.6 Å². The second-order valence-corrected chi connectivity index (χ2v) is 7.12. The number of aryl methyl sites for hydroxylation is 2. The van der Waals surface area contributed by atoms with Gasteiger partial charge in [0.05, 0.1) is 21.9 Å². The first-order valence-corrected chi connectivity index (χ1v) is 8.85. The number of nitrogens with one attached hydrogen (secondary N) is 1. The van der Waals surface area contributed by atoms with Gasteiger partial charge in [-0.25, -0.2) is 0 Å². The summed E-state index contributed by atoms with van der Waals surface area (Å²) in [6, 6.07) is 5.96. The number of nitrogens with zero attached hydrogens (tertiary/aromatic N) is 4. The highest BCUT2D eigenvalue weighted by Crippen LogP contribution is 2.28. The predicted molar refractivity (Wildman–Crippen MR) is 96.1 cm³/mol. The zero-order valence-electron chi connectivity index (χ0n) is 14.1. The fourth-order valence-corrected chi connectivity index (χ4v) is 3.99. The van der Waals surface area contributed by atoms with Crippen LogP contribution in [-0.4, -0.2) is 31.9 Å². The Morgan fingerprint density at radius 3 is 2.88 bits per heavy atom. The molecule has 24 heavy (non-hydrogen) atoms. The molecule has 2 heterocycles. The third-order valence-electron chi connectivity index (χ3n) is 4.88. The molecule has 0 unspecified atom stereocenters. The number of fused-ring (bicyclic) bond motifs is 2. The van der Waals surface area contributed by atoms with Crippen LogP contribution in [0.25, 0.3) is 10.9 Å². The molecule has 1 aliphatic rings. The fraction of sp³-hybridized carbons (Fsp3) is 0.444. The van der Waals surface area contributed by atoms with Crippen molar-refractivity contribution in [3.63, 3.8) is 0 Å². The van der Waals surface area contributed by atoms with E-state index in [0.717, 1.165) is 47.6 Å². The predicted octanol–water partition coefficient (Wildman–Crippen LogP) is 3.46. The molecule has 2 aromatic heterocycles. The van der Waals surface area contributed by atoms with Crippen molar-refractivity contribution < 1.29 is 0 Å². The van der Waals surface area contributed by atoms with Gasteiger partial charge >= 0.3 is 0 Å². The van der Waals surface area contributed by atoms with Gasteiger partial charge in [-0.2, -0.15) is 10.2 Å². The van der Waals surface area contributed by atoms with Crippen LogP contribution in [0.4, 0.5) is 0 Å². The lowest BCUT2D eigenvalue weighted by Gasteiger charge is -2.17. The van der Waals surface area contributed by atoms with Crippen molar-refractivity contribution in [2.45, 2.75) is 38.8 Å². The van der Waals surface area contributed by atoms with Gasteiger partial charge in [-0.15, -0.1) is 0 Å². The van der Waals surface area contributed by atoms with Crippen LogP contribution in [0.5, 0.6) is 0 Å². The number of hydrogen-bond acceptors (Lipinski definition) is 3. The molecule has 6 heteroatoms. The highest BCUT2D eigenvalue weighted by atomic mass is 35.5. The van der Waals surface area contributed by atoms with Crippen LogP contribution in [0.1, 0.15) is 35.5 Å². The number of benzene rings is 1. The largest absolute Gasteiger partial charge is 0.295 e. The van der Waals surface area contributed by atoms with Crippen molar-refractivity contribution in [1.82, 2.24) is 24.9 Å². The van der Waals surface area contributed by atoms with Crippen LogP contribution in [-0.2, 0) is 33.0 Å². The lowest BCUT2D eigenvalue weighted by Crippen LogP contribution is -2.19. The topological polar surface area (TPSA) is 49.7 Å². The number of halogens is 1. The van der Waals surface area contributed by atoms with E-state index in [0.29, 0.717) is 0 Å². The van der Waals surface area contributed by atoms with Crippen molar-refractivity contribution in [1.29, 1.82) is 0 Å². The molecule has 4 rings (SSSR count). The van der Waals surface area contributed by atoms with Gasteiger partial charge in [-0.3, -0.25) is 14.7 Å². The van der Waals surface area contributed by atoms with Gasteiger partial charge < -0.3 is 0 Å². The van der Waals surface area contributed by atoms with Crippen molar-refractivity contribution in [3.8, 4) is 0 Å². The third-order valence-corrected chi connectivity index (χ3v) is 5.20. The monoisotopic (exact) mass is 343 g/mol. The average molecular weight is 344 g/mol. The van der Waals surface area contributed by atoms with Crippen LogP contribution in [0, 0.1) is 0 Å². The summed E-state index contributed by atoms with van der Waals surface area (Å²) in [6.07, 6.45) is 4.81. The fourth-order valence-electron chi connectivity index (χ4n) is 3.71. The Balaban J connectivity index is 1.57. The Labute approximate surface area is 146 Å². The van der Waals surface area contributed by atoms with E-state index in [1.165, 1.54) is 29.8 Å². The van der Waals surface area contributed by atoms with Crippen molar-refractivity contribution in [2.24, 2.45) is 7.05 Å². The van der Waals surface area contributed by atoms with E-state index in [2.05, 4.69) is 33.3 Å². The maximum atomic E-state index is 6.41. The van der Waals surface area contributed by atoms with Gasteiger partial charge in [0.25, 0.3) is 0 Å². The van der Waals surface area contributed by atoms with Crippen molar-refractivity contribution in [3.05, 3.63) is 45.9 Å². The van der Waals surface area contributed by atoms with Crippen LogP contribution in [0.2, 0.25) is 5.02 Å². The molecule has 0 saturated carbocycles. The summed E-state index contributed by atoms with van der Waals surface area (Å²) in [7, 11) is 4.08. The van der Waals surface area contributed by atoms with Gasteiger partial charge in [0.1, 0.15) is 0 Å². The minimum atomic E-state index is 0.753. The van der Waals surface area contributed by atoms with Gasteiger partial charge in [0.15, 0.2) is 0 Å². The summed E-state index contributed by atoms with van der Waals surface area (Å²) in [5.74, 6) is 0. The molecule has 1 aliphatic carbocycles. The number of H-pyrrole nitrogens is 1. The molecule has 1 N–H and O–H groups in total. The molecule has 1 aromatic carbocycles. The number of hydrogen-bond donors (Lipinski definition) is 1. The molecule has 3 aromatic rings. The molecule has 0 bridgehead atoms.